The SMILES string of the molecule is COc1ccc2[nH]c(C(=O)NCN)cc2c1. The average molecular weight is 219 g/mol. The number of benzene rings is 1. The second-order valence-electron chi connectivity index (χ2n) is 3.35. The van der Waals surface area contributed by atoms with E-state index < -0.39 is 0 Å². The van der Waals surface area contributed by atoms with Crippen molar-refractivity contribution in [1.29, 1.82) is 0 Å². The highest BCUT2D eigenvalue weighted by molar-refractivity contribution is 5.98. The summed E-state index contributed by atoms with van der Waals surface area (Å²) in [6, 6.07) is 7.34. The largest absolute Gasteiger partial charge is 0.497 e. The monoisotopic (exact) mass is 219 g/mol. The number of hydrogen-bond donors (Lipinski definition) is 3. The summed E-state index contributed by atoms with van der Waals surface area (Å²) in [6.07, 6.45) is 0. The molecule has 0 aliphatic heterocycles. The van der Waals surface area contributed by atoms with E-state index in [2.05, 4.69) is 10.3 Å². The zero-order valence-corrected chi connectivity index (χ0v) is 8.91. The molecule has 0 spiro atoms. The minimum Gasteiger partial charge on any atom is -0.497 e. The molecular formula is C11H13N3O2. The minimum atomic E-state index is -0.210. The predicted octanol–water partition coefficient (Wildman–Crippen LogP) is 0.823. The number of H-pyrrole nitrogens is 1. The van der Waals surface area contributed by atoms with E-state index in [1.165, 1.54) is 0 Å². The molecule has 0 atom stereocenters. The molecule has 0 saturated carbocycles. The number of aromatic amines is 1. The van der Waals surface area contributed by atoms with Gasteiger partial charge in [-0.2, -0.15) is 0 Å². The van der Waals surface area contributed by atoms with Crippen LogP contribution in [0.1, 0.15) is 10.5 Å². The molecule has 0 radical (unpaired) electrons. The first-order chi connectivity index (χ1) is 7.74. The first-order valence-corrected chi connectivity index (χ1v) is 4.89. The Labute approximate surface area is 92.6 Å². The molecule has 0 saturated heterocycles. The van der Waals surface area contributed by atoms with Crippen molar-refractivity contribution < 1.29 is 9.53 Å². The highest BCUT2D eigenvalue weighted by atomic mass is 16.5. The molecule has 2 aromatic rings. The van der Waals surface area contributed by atoms with Crippen molar-refractivity contribution in [2.24, 2.45) is 5.73 Å². The Morgan fingerprint density at radius 3 is 3.00 bits per heavy atom. The number of amides is 1. The maximum Gasteiger partial charge on any atom is 0.268 e. The lowest BCUT2D eigenvalue weighted by Gasteiger charge is -1.97. The Kier molecular flexibility index (Phi) is 2.78. The number of ether oxygens (including phenoxy) is 1. The van der Waals surface area contributed by atoms with E-state index in [0.29, 0.717) is 5.69 Å². The Morgan fingerprint density at radius 2 is 2.31 bits per heavy atom. The molecule has 0 unspecified atom stereocenters. The summed E-state index contributed by atoms with van der Waals surface area (Å²) in [5.74, 6) is 0.551. The zero-order valence-electron chi connectivity index (χ0n) is 8.91. The molecule has 2 rings (SSSR count). The van der Waals surface area contributed by atoms with Crippen LogP contribution in [0, 0.1) is 0 Å². The summed E-state index contributed by atoms with van der Waals surface area (Å²) in [5.41, 5.74) is 6.63. The second-order valence-corrected chi connectivity index (χ2v) is 3.35. The van der Waals surface area contributed by atoms with Crippen LogP contribution in [0.2, 0.25) is 0 Å². The van der Waals surface area contributed by atoms with Crippen LogP contribution < -0.4 is 15.8 Å². The van der Waals surface area contributed by atoms with Gasteiger partial charge in [-0.1, -0.05) is 0 Å². The van der Waals surface area contributed by atoms with Gasteiger partial charge in [0.25, 0.3) is 5.91 Å². The lowest BCUT2D eigenvalue weighted by molar-refractivity contribution is 0.0950. The van der Waals surface area contributed by atoms with Gasteiger partial charge in [-0.05, 0) is 24.3 Å². The van der Waals surface area contributed by atoms with Crippen molar-refractivity contribution in [2.75, 3.05) is 13.8 Å². The lowest BCUT2D eigenvalue weighted by atomic mass is 10.2. The van der Waals surface area contributed by atoms with E-state index in [-0.39, 0.29) is 12.6 Å². The van der Waals surface area contributed by atoms with Crippen molar-refractivity contribution in [3.63, 3.8) is 0 Å². The molecule has 1 aromatic heterocycles. The quantitative estimate of drug-likeness (QED) is 0.669. The minimum absolute atomic E-state index is 0.123. The number of methoxy groups -OCH3 is 1. The topological polar surface area (TPSA) is 80.1 Å². The number of hydrogen-bond acceptors (Lipinski definition) is 3. The number of rotatable bonds is 3. The summed E-state index contributed by atoms with van der Waals surface area (Å²) >= 11 is 0. The molecule has 1 heterocycles. The number of nitrogens with one attached hydrogen (secondary N) is 2. The molecule has 1 amide bonds. The normalized spacial score (nSPS) is 10.4. The molecule has 0 bridgehead atoms. The van der Waals surface area contributed by atoms with Gasteiger partial charge in [0.05, 0.1) is 13.8 Å². The van der Waals surface area contributed by atoms with E-state index in [0.717, 1.165) is 16.7 Å². The van der Waals surface area contributed by atoms with Crippen LogP contribution in [0.4, 0.5) is 0 Å². The number of carbonyl (C=O) groups is 1. The van der Waals surface area contributed by atoms with Gasteiger partial charge in [0.15, 0.2) is 0 Å². The van der Waals surface area contributed by atoms with Gasteiger partial charge in [-0.15, -0.1) is 0 Å². The molecule has 0 aliphatic rings. The van der Waals surface area contributed by atoms with Gasteiger partial charge in [-0.3, -0.25) is 4.79 Å². The fraction of sp³-hybridized carbons (Fsp3) is 0.182. The Bertz CT molecular complexity index is 519. The fourth-order valence-electron chi connectivity index (χ4n) is 1.55. The number of fused-ring (bicyclic) bond motifs is 1. The number of carbonyl (C=O) groups excluding carboxylic acids is 1. The van der Waals surface area contributed by atoms with Crippen LogP contribution in [-0.4, -0.2) is 24.7 Å². The number of aromatic nitrogens is 1. The molecule has 5 nitrogen and oxygen atoms in total. The van der Waals surface area contributed by atoms with Crippen molar-refractivity contribution in [2.45, 2.75) is 0 Å². The van der Waals surface area contributed by atoms with E-state index in [4.69, 9.17) is 10.5 Å². The molecule has 16 heavy (non-hydrogen) atoms. The lowest BCUT2D eigenvalue weighted by Crippen LogP contribution is -2.29. The van der Waals surface area contributed by atoms with Crippen molar-refractivity contribution >= 4 is 16.8 Å². The van der Waals surface area contributed by atoms with Gasteiger partial charge in [-0.25, -0.2) is 0 Å². The van der Waals surface area contributed by atoms with Gasteiger partial charge >= 0.3 is 0 Å². The summed E-state index contributed by atoms with van der Waals surface area (Å²) in [4.78, 5) is 14.5. The highest BCUT2D eigenvalue weighted by Crippen LogP contribution is 2.21. The van der Waals surface area contributed by atoms with Gasteiger partial charge < -0.3 is 20.8 Å². The molecule has 5 heteroatoms. The van der Waals surface area contributed by atoms with Crippen molar-refractivity contribution in [1.82, 2.24) is 10.3 Å². The molecule has 1 aromatic carbocycles. The first-order valence-electron chi connectivity index (χ1n) is 4.89. The maximum atomic E-state index is 11.5. The molecule has 84 valence electrons. The van der Waals surface area contributed by atoms with Crippen LogP contribution in [0.15, 0.2) is 24.3 Å². The van der Waals surface area contributed by atoms with Crippen LogP contribution >= 0.6 is 0 Å². The van der Waals surface area contributed by atoms with Gasteiger partial charge in [0.1, 0.15) is 11.4 Å². The Hall–Kier alpha value is -2.01. The van der Waals surface area contributed by atoms with E-state index in [1.54, 1.807) is 13.2 Å². The van der Waals surface area contributed by atoms with Crippen LogP contribution in [-0.2, 0) is 0 Å². The average Bonchev–Trinajstić information content (AvgIpc) is 2.71. The second kappa shape index (κ2) is 4.24. The molecule has 4 N–H and O–H groups in total. The van der Waals surface area contributed by atoms with Crippen LogP contribution in [0.25, 0.3) is 10.9 Å². The third-order valence-corrected chi connectivity index (χ3v) is 2.34. The summed E-state index contributed by atoms with van der Waals surface area (Å²) < 4.78 is 5.11. The summed E-state index contributed by atoms with van der Waals surface area (Å²) in [7, 11) is 1.61. The Morgan fingerprint density at radius 1 is 1.50 bits per heavy atom. The third kappa shape index (κ3) is 1.85. The molecular weight excluding hydrogens is 206 g/mol. The predicted molar refractivity (Wildman–Crippen MR) is 61.4 cm³/mol. The standard InChI is InChI=1S/C11H13N3O2/c1-16-8-2-3-9-7(4-8)5-10(14-9)11(15)13-6-12/h2-5,14H,6,12H2,1H3,(H,13,15). The maximum absolute atomic E-state index is 11.5. The molecule has 0 fully saturated rings. The van der Waals surface area contributed by atoms with Crippen molar-refractivity contribution in [3.8, 4) is 5.75 Å². The van der Waals surface area contributed by atoms with Crippen LogP contribution in [0.3, 0.4) is 0 Å². The first kappa shape index (κ1) is 10.5. The zero-order chi connectivity index (χ0) is 11.5. The Balaban J connectivity index is 2.39. The number of nitrogens with two attached hydrogens (primary N) is 1. The van der Waals surface area contributed by atoms with Gasteiger partial charge in [0, 0.05) is 10.9 Å². The van der Waals surface area contributed by atoms with Crippen LogP contribution in [0.5, 0.6) is 5.75 Å². The van der Waals surface area contributed by atoms with Gasteiger partial charge in [0.2, 0.25) is 0 Å². The third-order valence-electron chi connectivity index (χ3n) is 2.34. The highest BCUT2D eigenvalue weighted by Gasteiger charge is 2.08. The van der Waals surface area contributed by atoms with E-state index >= 15 is 0 Å². The van der Waals surface area contributed by atoms with E-state index in [9.17, 15) is 4.79 Å². The smallest absolute Gasteiger partial charge is 0.268 e. The van der Waals surface area contributed by atoms with Crippen molar-refractivity contribution in [3.05, 3.63) is 30.0 Å². The molecule has 0 aliphatic carbocycles. The fourth-order valence-corrected chi connectivity index (χ4v) is 1.55. The summed E-state index contributed by atoms with van der Waals surface area (Å²) in [6.45, 7) is 0.123. The van der Waals surface area contributed by atoms with E-state index in [1.807, 2.05) is 18.2 Å². The summed E-state index contributed by atoms with van der Waals surface area (Å²) in [5, 5.41) is 3.46.